The van der Waals surface area contributed by atoms with Gasteiger partial charge in [-0.25, -0.2) is 13.2 Å². The van der Waals surface area contributed by atoms with Crippen molar-refractivity contribution in [2.75, 3.05) is 44.2 Å². The van der Waals surface area contributed by atoms with Crippen LogP contribution in [0.1, 0.15) is 59.2 Å². The zero-order valence-electron chi connectivity index (χ0n) is 32.8. The second-order valence-electron chi connectivity index (χ2n) is 16.7. The van der Waals surface area contributed by atoms with Gasteiger partial charge in [-0.1, -0.05) is 24.6 Å². The van der Waals surface area contributed by atoms with Crippen molar-refractivity contribution in [2.24, 2.45) is 0 Å². The van der Waals surface area contributed by atoms with Crippen LogP contribution < -0.4 is 9.64 Å². The maximum Gasteiger partial charge on any atom is 0.319 e. The Hall–Kier alpha value is -6.20. The van der Waals surface area contributed by atoms with E-state index >= 15 is 8.78 Å². The maximum atomic E-state index is 17.2. The van der Waals surface area contributed by atoms with E-state index in [9.17, 15) is 19.1 Å². The first kappa shape index (κ1) is 38.0. The molecular weight excluding hydrogens is 772 g/mol. The van der Waals surface area contributed by atoms with Crippen molar-refractivity contribution in [3.63, 3.8) is 0 Å². The minimum absolute atomic E-state index is 0.0860. The van der Waals surface area contributed by atoms with Crippen LogP contribution in [0.3, 0.4) is 0 Å². The highest BCUT2D eigenvalue weighted by atomic mass is 19.1. The Morgan fingerprint density at radius 1 is 1.05 bits per heavy atom. The minimum atomic E-state index is -0.977. The number of anilines is 1. The molecule has 2 unspecified atom stereocenters. The molecule has 5 aliphatic rings. The Bertz CT molecular complexity index is 2670. The molecule has 2 aromatic heterocycles. The molecule has 10 rings (SSSR count). The number of phenols is 1. The number of ether oxygens (including phenoxy) is 1. The largest absolute Gasteiger partial charge is 0.508 e. The van der Waals surface area contributed by atoms with Crippen LogP contribution in [-0.4, -0.2) is 110 Å². The molecule has 7 heterocycles. The molecule has 5 aromatic rings. The summed E-state index contributed by atoms with van der Waals surface area (Å²) in [6, 6.07) is 10.7. The molecule has 0 saturated carbocycles. The Balaban J connectivity index is 1.02. The number of piperazine rings is 1. The quantitative estimate of drug-likeness (QED) is 0.149. The number of carbonyl (C=O) groups excluding carboxylic acids is 2. The zero-order valence-corrected chi connectivity index (χ0v) is 32.8. The highest BCUT2D eigenvalue weighted by molar-refractivity contribution is 6.03. The van der Waals surface area contributed by atoms with Crippen LogP contribution in [0, 0.1) is 24.0 Å². The molecule has 4 saturated heterocycles. The average Bonchev–Trinajstić information content (AvgIpc) is 3.87. The number of hydrogen-bond acceptors (Lipinski definition) is 9. The van der Waals surface area contributed by atoms with E-state index in [-0.39, 0.29) is 70.0 Å². The molecule has 4 atom stereocenters. The fraction of sp³-hybridized carbons (Fsp3) is 0.370. The molecule has 4 fully saturated rings. The number of aromatic nitrogens is 3. The smallest absolute Gasteiger partial charge is 0.319 e. The van der Waals surface area contributed by atoms with Crippen LogP contribution in [0.15, 0.2) is 61.3 Å². The molecule has 2 bridgehead atoms. The van der Waals surface area contributed by atoms with Crippen LogP contribution in [0.25, 0.3) is 32.9 Å². The fourth-order valence-corrected chi connectivity index (χ4v) is 10.5. The van der Waals surface area contributed by atoms with Gasteiger partial charge in [0.2, 0.25) is 5.91 Å². The number of hydrogen-bond donors (Lipinski definition) is 1. The van der Waals surface area contributed by atoms with E-state index < -0.39 is 23.3 Å². The Labute approximate surface area is 344 Å². The van der Waals surface area contributed by atoms with Crippen LogP contribution in [0.4, 0.5) is 19.0 Å². The molecule has 5 aliphatic heterocycles. The first-order valence-electron chi connectivity index (χ1n) is 20.5. The predicted octanol–water partition coefficient (Wildman–Crippen LogP) is 6.33. The standard InChI is InChI=1S/C46H42F3N7O4/c1-3-34-37(48)11-8-27-17-33(57)18-35(39(27)34)41-40(49)42-36(20-50-41)43(52-45(51-42)60-25-46-13-5-14-55(46)22-30(47)19-46)54-23-31-9-10-32(24-54)56(31)44(59)28-7-6-26-12-15-53(38(58)4-2)21-29(26)16-28/h1,4,6-8,11,16-18,20,30-32,57H,2,5,9-10,12-15,19,21-25H2/t30-,31?,32?,46+/m1/s1. The summed E-state index contributed by atoms with van der Waals surface area (Å²) in [4.78, 5) is 48.5. The SMILES string of the molecule is C#Cc1c(F)ccc2cc(O)cc(-c3ncc4c(N5CC6CCC(C5)N6C(=O)c5ccc6c(c5)CN(C(=O)C=C)CC6)nc(OC[C@@]56CCCN5C[C@H](F)C6)nc4c3F)c12. The molecule has 2 amide bonds. The molecule has 14 heteroatoms. The first-order valence-corrected chi connectivity index (χ1v) is 20.5. The van der Waals surface area contributed by atoms with Gasteiger partial charge in [0.25, 0.3) is 5.91 Å². The first-order chi connectivity index (χ1) is 29.0. The summed E-state index contributed by atoms with van der Waals surface area (Å²) in [6.45, 7) is 6.64. The number of alkyl halides is 1. The number of phenolic OH excluding ortho intramolecular Hbond substituents is 1. The summed E-state index contributed by atoms with van der Waals surface area (Å²) < 4.78 is 53.3. The van der Waals surface area contributed by atoms with E-state index in [1.807, 2.05) is 28.0 Å². The number of rotatable bonds is 7. The van der Waals surface area contributed by atoms with Gasteiger partial charge in [-0.2, -0.15) is 9.97 Å². The second-order valence-corrected chi connectivity index (χ2v) is 16.7. The number of fused-ring (bicyclic) bond motifs is 6. The molecular formula is C46H42F3N7O4. The number of pyridine rings is 1. The Kier molecular flexibility index (Phi) is 9.20. The normalized spacial score (nSPS) is 23.5. The van der Waals surface area contributed by atoms with Crippen molar-refractivity contribution < 1.29 is 32.6 Å². The Morgan fingerprint density at radius 3 is 2.65 bits per heavy atom. The van der Waals surface area contributed by atoms with Crippen LogP contribution in [0.2, 0.25) is 0 Å². The molecule has 3 aromatic carbocycles. The van der Waals surface area contributed by atoms with Crippen molar-refractivity contribution in [1.29, 1.82) is 0 Å². The summed E-state index contributed by atoms with van der Waals surface area (Å²) in [6.07, 6.45) is 11.7. The van der Waals surface area contributed by atoms with Gasteiger partial charge < -0.3 is 24.5 Å². The third-order valence-corrected chi connectivity index (χ3v) is 13.3. The predicted molar refractivity (Wildman–Crippen MR) is 219 cm³/mol. The summed E-state index contributed by atoms with van der Waals surface area (Å²) in [5, 5.41) is 11.6. The average molecular weight is 814 g/mol. The zero-order chi connectivity index (χ0) is 41.4. The van der Waals surface area contributed by atoms with Gasteiger partial charge in [-0.3, -0.25) is 19.5 Å². The van der Waals surface area contributed by atoms with Gasteiger partial charge in [-0.05, 0) is 91.6 Å². The lowest BCUT2D eigenvalue weighted by Crippen LogP contribution is -2.56. The van der Waals surface area contributed by atoms with Crippen molar-refractivity contribution in [2.45, 2.75) is 68.9 Å². The molecule has 11 nitrogen and oxygen atoms in total. The van der Waals surface area contributed by atoms with E-state index in [0.29, 0.717) is 67.7 Å². The number of halogens is 3. The van der Waals surface area contributed by atoms with Gasteiger partial charge >= 0.3 is 6.01 Å². The number of terminal acetylenes is 1. The summed E-state index contributed by atoms with van der Waals surface area (Å²) in [5.41, 5.74) is 1.80. The Morgan fingerprint density at radius 2 is 1.87 bits per heavy atom. The van der Waals surface area contributed by atoms with Crippen LogP contribution in [0.5, 0.6) is 11.8 Å². The monoisotopic (exact) mass is 813 g/mol. The van der Waals surface area contributed by atoms with Gasteiger partial charge in [-0.15, -0.1) is 6.42 Å². The van der Waals surface area contributed by atoms with Crippen molar-refractivity contribution >= 4 is 39.3 Å². The van der Waals surface area contributed by atoms with Crippen molar-refractivity contribution in [1.82, 2.24) is 29.7 Å². The molecule has 306 valence electrons. The van der Waals surface area contributed by atoms with Crippen LogP contribution in [-0.2, 0) is 17.8 Å². The molecule has 0 aliphatic carbocycles. The van der Waals surface area contributed by atoms with E-state index in [1.54, 1.807) is 4.90 Å². The van der Waals surface area contributed by atoms with E-state index in [2.05, 4.69) is 27.4 Å². The maximum absolute atomic E-state index is 17.2. The molecule has 0 spiro atoms. The summed E-state index contributed by atoms with van der Waals surface area (Å²) >= 11 is 0. The number of carbonyl (C=O) groups is 2. The lowest BCUT2D eigenvalue weighted by atomic mass is 9.95. The van der Waals surface area contributed by atoms with Gasteiger partial charge in [0.1, 0.15) is 41.4 Å². The minimum Gasteiger partial charge on any atom is -0.508 e. The summed E-state index contributed by atoms with van der Waals surface area (Å²) in [5.74, 6) is 0.815. The lowest BCUT2D eigenvalue weighted by Gasteiger charge is -2.42. The summed E-state index contributed by atoms with van der Waals surface area (Å²) in [7, 11) is 0. The van der Waals surface area contributed by atoms with E-state index in [1.165, 1.54) is 36.5 Å². The molecule has 1 N–H and O–H groups in total. The highest BCUT2D eigenvalue weighted by Gasteiger charge is 2.50. The van der Waals surface area contributed by atoms with Gasteiger partial charge in [0, 0.05) is 61.9 Å². The van der Waals surface area contributed by atoms with Gasteiger partial charge in [0.15, 0.2) is 5.82 Å². The lowest BCUT2D eigenvalue weighted by molar-refractivity contribution is -0.126. The number of aromatic hydroxyl groups is 1. The third kappa shape index (κ3) is 6.20. The van der Waals surface area contributed by atoms with Gasteiger partial charge in [0.05, 0.1) is 28.6 Å². The van der Waals surface area contributed by atoms with Crippen molar-refractivity contribution in [3.8, 4) is 35.4 Å². The number of amides is 2. The van der Waals surface area contributed by atoms with E-state index in [4.69, 9.17) is 16.1 Å². The number of nitrogens with zero attached hydrogens (tertiary/aromatic N) is 7. The highest BCUT2D eigenvalue weighted by Crippen LogP contribution is 2.43. The number of benzene rings is 3. The molecule has 60 heavy (non-hydrogen) atoms. The third-order valence-electron chi connectivity index (χ3n) is 13.3. The second kappa shape index (κ2) is 14.5. The van der Waals surface area contributed by atoms with Crippen molar-refractivity contribution in [3.05, 3.63) is 95.2 Å². The fourth-order valence-electron chi connectivity index (χ4n) is 10.5. The topological polar surface area (TPSA) is 115 Å². The molecule has 0 radical (unpaired) electrons. The van der Waals surface area contributed by atoms with E-state index in [0.717, 1.165) is 43.4 Å². The van der Waals surface area contributed by atoms with Crippen LogP contribution >= 0.6 is 0 Å².